The molecule has 0 aromatic carbocycles. The maximum Gasteiger partial charge on any atom is 0.252 e. The van der Waals surface area contributed by atoms with Crippen molar-refractivity contribution < 1.29 is 14.7 Å². The molecule has 1 aromatic heterocycles. The molecule has 0 radical (unpaired) electrons. The van der Waals surface area contributed by atoms with Gasteiger partial charge in [0, 0.05) is 10.3 Å². The van der Waals surface area contributed by atoms with Crippen LogP contribution in [-0.2, 0) is 17.6 Å². The molecule has 19 heavy (non-hydrogen) atoms. The lowest BCUT2D eigenvalue weighted by molar-refractivity contribution is -0.125. The standard InChI is InChI=1S/C13H18N2O3S/c1-7-2-3-8-9(6-19-11(8)4-7)13(18)15-5-10(16)12(14)17/h6-7,10,16H,2-5H2,1H3,(H2,14,17)(H,15,18). The first kappa shape index (κ1) is 14.0. The summed E-state index contributed by atoms with van der Waals surface area (Å²) in [4.78, 5) is 24.0. The largest absolute Gasteiger partial charge is 0.381 e. The number of nitrogens with two attached hydrogens (primary N) is 1. The van der Waals surface area contributed by atoms with Gasteiger partial charge in [0.15, 0.2) is 0 Å². The third kappa shape index (κ3) is 3.13. The van der Waals surface area contributed by atoms with Gasteiger partial charge in [-0.25, -0.2) is 0 Å². The Bertz CT molecular complexity index is 498. The number of fused-ring (bicyclic) bond motifs is 1. The fourth-order valence-electron chi connectivity index (χ4n) is 2.25. The highest BCUT2D eigenvalue weighted by atomic mass is 32.1. The van der Waals surface area contributed by atoms with E-state index >= 15 is 0 Å². The number of carbonyl (C=O) groups is 2. The van der Waals surface area contributed by atoms with Crippen LogP contribution in [0.3, 0.4) is 0 Å². The number of primary amides is 1. The van der Waals surface area contributed by atoms with Gasteiger partial charge in [0.25, 0.3) is 5.91 Å². The predicted octanol–water partition coefficient (Wildman–Crippen LogP) is 0.449. The lowest BCUT2D eigenvalue weighted by atomic mass is 9.88. The van der Waals surface area contributed by atoms with Crippen LogP contribution in [0.2, 0.25) is 0 Å². The van der Waals surface area contributed by atoms with Gasteiger partial charge in [0.05, 0.1) is 12.1 Å². The van der Waals surface area contributed by atoms with Crippen LogP contribution in [-0.4, -0.2) is 29.6 Å². The van der Waals surface area contributed by atoms with Gasteiger partial charge in [-0.1, -0.05) is 6.92 Å². The quantitative estimate of drug-likeness (QED) is 0.748. The van der Waals surface area contributed by atoms with Crippen molar-refractivity contribution in [1.29, 1.82) is 0 Å². The second kappa shape index (κ2) is 5.71. The second-order valence-corrected chi connectivity index (χ2v) is 5.99. The lowest BCUT2D eigenvalue weighted by Crippen LogP contribution is -2.40. The maximum absolute atomic E-state index is 12.0. The zero-order chi connectivity index (χ0) is 14.0. The van der Waals surface area contributed by atoms with Crippen LogP contribution in [0.4, 0.5) is 0 Å². The fourth-order valence-corrected chi connectivity index (χ4v) is 3.50. The Labute approximate surface area is 115 Å². The summed E-state index contributed by atoms with van der Waals surface area (Å²) in [7, 11) is 0. The van der Waals surface area contributed by atoms with Crippen LogP contribution >= 0.6 is 11.3 Å². The minimum atomic E-state index is -1.33. The first-order chi connectivity index (χ1) is 8.99. The molecule has 0 spiro atoms. The Balaban J connectivity index is 2.02. The normalized spacial score (nSPS) is 19.6. The van der Waals surface area contributed by atoms with Crippen molar-refractivity contribution in [2.45, 2.75) is 32.3 Å². The number of amides is 2. The van der Waals surface area contributed by atoms with E-state index < -0.39 is 12.0 Å². The molecule has 0 aliphatic heterocycles. The Kier molecular flexibility index (Phi) is 4.21. The van der Waals surface area contributed by atoms with Gasteiger partial charge in [0.2, 0.25) is 5.91 Å². The molecule has 1 aromatic rings. The smallest absolute Gasteiger partial charge is 0.252 e. The molecule has 5 nitrogen and oxygen atoms in total. The summed E-state index contributed by atoms with van der Waals surface area (Å²) >= 11 is 1.61. The van der Waals surface area contributed by atoms with Gasteiger partial charge in [-0.3, -0.25) is 9.59 Å². The summed E-state index contributed by atoms with van der Waals surface area (Å²) in [5, 5.41) is 13.7. The molecule has 0 saturated heterocycles. The summed E-state index contributed by atoms with van der Waals surface area (Å²) in [6, 6.07) is 0. The summed E-state index contributed by atoms with van der Waals surface area (Å²) in [5.41, 5.74) is 6.72. The van der Waals surface area contributed by atoms with Crippen molar-refractivity contribution in [2.75, 3.05) is 6.54 Å². The summed E-state index contributed by atoms with van der Waals surface area (Å²) in [6.45, 7) is 2.07. The van der Waals surface area contributed by atoms with Gasteiger partial charge in [0.1, 0.15) is 6.10 Å². The monoisotopic (exact) mass is 282 g/mol. The van der Waals surface area contributed by atoms with Crippen LogP contribution < -0.4 is 11.1 Å². The van der Waals surface area contributed by atoms with Crippen LogP contribution in [0, 0.1) is 5.92 Å². The number of rotatable bonds is 4. The van der Waals surface area contributed by atoms with Crippen LogP contribution in [0.25, 0.3) is 0 Å². The highest BCUT2D eigenvalue weighted by Gasteiger charge is 2.23. The van der Waals surface area contributed by atoms with E-state index in [-0.39, 0.29) is 12.5 Å². The van der Waals surface area contributed by atoms with Crippen molar-refractivity contribution in [3.63, 3.8) is 0 Å². The molecule has 2 rings (SSSR count). The van der Waals surface area contributed by atoms with Crippen LogP contribution in [0.15, 0.2) is 5.38 Å². The average Bonchev–Trinajstić information content (AvgIpc) is 2.78. The number of hydrogen-bond acceptors (Lipinski definition) is 4. The Hall–Kier alpha value is -1.40. The van der Waals surface area contributed by atoms with Crippen molar-refractivity contribution in [1.82, 2.24) is 5.32 Å². The lowest BCUT2D eigenvalue weighted by Gasteiger charge is -2.19. The topological polar surface area (TPSA) is 92.4 Å². The Morgan fingerprint density at radius 1 is 1.63 bits per heavy atom. The van der Waals surface area contributed by atoms with Crippen molar-refractivity contribution in [3.05, 3.63) is 21.4 Å². The highest BCUT2D eigenvalue weighted by Crippen LogP contribution is 2.32. The third-order valence-corrected chi connectivity index (χ3v) is 4.48. The van der Waals surface area contributed by atoms with Crippen LogP contribution in [0.1, 0.15) is 34.1 Å². The summed E-state index contributed by atoms with van der Waals surface area (Å²) < 4.78 is 0. The number of nitrogens with one attached hydrogen (secondary N) is 1. The molecule has 1 heterocycles. The van der Waals surface area contributed by atoms with E-state index in [1.807, 2.05) is 5.38 Å². The fraction of sp³-hybridized carbons (Fsp3) is 0.538. The molecule has 6 heteroatoms. The van der Waals surface area contributed by atoms with Crippen molar-refractivity contribution in [3.8, 4) is 0 Å². The maximum atomic E-state index is 12.0. The molecule has 104 valence electrons. The molecule has 0 saturated carbocycles. The Morgan fingerprint density at radius 2 is 2.37 bits per heavy atom. The number of carbonyl (C=O) groups excluding carboxylic acids is 2. The minimum absolute atomic E-state index is 0.144. The van der Waals surface area contributed by atoms with Gasteiger partial charge in [-0.05, 0) is 30.7 Å². The number of aliphatic hydroxyl groups is 1. The highest BCUT2D eigenvalue weighted by molar-refractivity contribution is 7.10. The van der Waals surface area contributed by atoms with Crippen molar-refractivity contribution >= 4 is 23.2 Å². The third-order valence-electron chi connectivity index (χ3n) is 3.43. The summed E-state index contributed by atoms with van der Waals surface area (Å²) in [5.74, 6) is -0.410. The first-order valence-corrected chi connectivity index (χ1v) is 7.21. The van der Waals surface area contributed by atoms with Crippen LogP contribution in [0.5, 0.6) is 0 Å². The molecular weight excluding hydrogens is 264 g/mol. The first-order valence-electron chi connectivity index (χ1n) is 6.34. The zero-order valence-electron chi connectivity index (χ0n) is 10.8. The SMILES string of the molecule is CC1CCc2c(C(=O)NCC(O)C(N)=O)csc2C1. The average molecular weight is 282 g/mol. The van der Waals surface area contributed by atoms with Gasteiger partial charge < -0.3 is 16.2 Å². The van der Waals surface area contributed by atoms with E-state index in [2.05, 4.69) is 12.2 Å². The van der Waals surface area contributed by atoms with E-state index in [0.29, 0.717) is 11.5 Å². The van der Waals surface area contributed by atoms with E-state index in [4.69, 9.17) is 5.73 Å². The molecule has 1 aliphatic rings. The van der Waals surface area contributed by atoms with Gasteiger partial charge in [-0.2, -0.15) is 0 Å². The molecular formula is C13H18N2O3S. The predicted molar refractivity (Wildman–Crippen MR) is 73.0 cm³/mol. The molecule has 0 bridgehead atoms. The van der Waals surface area contributed by atoms with Gasteiger partial charge >= 0.3 is 0 Å². The van der Waals surface area contributed by atoms with E-state index in [1.54, 1.807) is 11.3 Å². The molecule has 0 fully saturated rings. The molecule has 2 atom stereocenters. The molecule has 2 unspecified atom stereocenters. The van der Waals surface area contributed by atoms with E-state index in [9.17, 15) is 14.7 Å². The number of thiophene rings is 1. The zero-order valence-corrected chi connectivity index (χ0v) is 11.6. The molecule has 2 amide bonds. The van der Waals surface area contributed by atoms with E-state index in [0.717, 1.165) is 24.8 Å². The number of hydrogen-bond donors (Lipinski definition) is 3. The summed E-state index contributed by atoms with van der Waals surface area (Å²) in [6.07, 6.45) is 1.70. The second-order valence-electron chi connectivity index (χ2n) is 5.03. The Morgan fingerprint density at radius 3 is 3.05 bits per heavy atom. The minimum Gasteiger partial charge on any atom is -0.381 e. The van der Waals surface area contributed by atoms with E-state index in [1.165, 1.54) is 4.88 Å². The van der Waals surface area contributed by atoms with Crippen molar-refractivity contribution in [2.24, 2.45) is 11.7 Å². The molecule has 1 aliphatic carbocycles. The molecule has 4 N–H and O–H groups in total. The number of aliphatic hydroxyl groups excluding tert-OH is 1. The van der Waals surface area contributed by atoms with Gasteiger partial charge in [-0.15, -0.1) is 11.3 Å².